The second-order valence-corrected chi connectivity index (χ2v) is 6.34. The highest BCUT2D eigenvalue weighted by Crippen LogP contribution is 2.21. The maximum Gasteiger partial charge on any atom is 0.407 e. The van der Waals surface area contributed by atoms with Crippen molar-refractivity contribution in [3.63, 3.8) is 0 Å². The number of hydrogen-bond donors (Lipinski definition) is 4. The molecule has 0 spiro atoms. The van der Waals surface area contributed by atoms with Crippen molar-refractivity contribution in [2.45, 2.75) is 25.2 Å². The van der Waals surface area contributed by atoms with E-state index in [4.69, 9.17) is 4.74 Å². The molecule has 1 heterocycles. The van der Waals surface area contributed by atoms with Gasteiger partial charge in [-0.05, 0) is 29.7 Å². The molecule has 0 saturated heterocycles. The van der Waals surface area contributed by atoms with Gasteiger partial charge in [0, 0.05) is 11.9 Å². The van der Waals surface area contributed by atoms with Gasteiger partial charge in [0.25, 0.3) is 5.56 Å². The predicted octanol–water partition coefficient (Wildman–Crippen LogP) is 1.63. The molecule has 0 radical (unpaired) electrons. The Kier molecular flexibility index (Phi) is 6.36. The van der Waals surface area contributed by atoms with Gasteiger partial charge < -0.3 is 20.3 Å². The Morgan fingerprint density at radius 2 is 1.96 bits per heavy atom. The van der Waals surface area contributed by atoms with Gasteiger partial charge >= 0.3 is 6.09 Å². The first-order valence-corrected chi connectivity index (χ1v) is 8.82. The monoisotopic (exact) mass is 383 g/mol. The second-order valence-electron chi connectivity index (χ2n) is 6.34. The molecule has 2 atom stereocenters. The van der Waals surface area contributed by atoms with Crippen LogP contribution < -0.4 is 10.9 Å². The highest BCUT2D eigenvalue weighted by molar-refractivity contribution is 5.81. The summed E-state index contributed by atoms with van der Waals surface area (Å²) in [5, 5.41) is 30.1. The van der Waals surface area contributed by atoms with Gasteiger partial charge in [0.15, 0.2) is 0 Å². The van der Waals surface area contributed by atoms with Gasteiger partial charge in [0.2, 0.25) is 0 Å². The van der Waals surface area contributed by atoms with Crippen LogP contribution in [0.2, 0.25) is 0 Å². The lowest BCUT2D eigenvalue weighted by atomic mass is 10.00. The summed E-state index contributed by atoms with van der Waals surface area (Å²) in [6, 6.07) is 14.0. The van der Waals surface area contributed by atoms with E-state index < -0.39 is 18.3 Å². The van der Waals surface area contributed by atoms with E-state index in [-0.39, 0.29) is 25.1 Å². The van der Waals surface area contributed by atoms with Crippen LogP contribution in [-0.4, -0.2) is 39.2 Å². The van der Waals surface area contributed by atoms with Gasteiger partial charge in [0.1, 0.15) is 12.7 Å². The fourth-order valence-electron chi connectivity index (χ4n) is 2.78. The molecule has 4 N–H and O–H groups in total. The third-order valence-corrected chi connectivity index (χ3v) is 4.32. The number of nitrogens with one attached hydrogen (secondary N) is 2. The van der Waals surface area contributed by atoms with Crippen molar-refractivity contribution in [2.75, 3.05) is 6.54 Å². The number of carbonyl (C=O) groups is 1. The summed E-state index contributed by atoms with van der Waals surface area (Å²) in [4.78, 5) is 23.4. The van der Waals surface area contributed by atoms with E-state index in [2.05, 4.69) is 15.5 Å². The van der Waals surface area contributed by atoms with Crippen molar-refractivity contribution in [3.8, 4) is 0 Å². The molecule has 0 aliphatic carbocycles. The van der Waals surface area contributed by atoms with Crippen LogP contribution in [0.25, 0.3) is 10.8 Å². The average Bonchev–Trinajstić information content (AvgIpc) is 2.72. The number of amides is 1. The first kappa shape index (κ1) is 19.5. The quantitative estimate of drug-likeness (QED) is 0.492. The molecule has 0 bridgehead atoms. The summed E-state index contributed by atoms with van der Waals surface area (Å²) in [5.74, 6) is 0. The minimum Gasteiger partial charge on any atom is -0.445 e. The van der Waals surface area contributed by atoms with Crippen molar-refractivity contribution in [2.24, 2.45) is 0 Å². The first-order chi connectivity index (χ1) is 13.5. The van der Waals surface area contributed by atoms with Crippen LogP contribution in [0.4, 0.5) is 4.79 Å². The SMILES string of the molecule is O=C(NCCC(O)C(O)c1ccc2c(=O)[nH]ncc2c1)OCc1ccccc1. The van der Waals surface area contributed by atoms with Crippen molar-refractivity contribution in [1.82, 2.24) is 15.5 Å². The Labute approximate surface area is 160 Å². The standard InChI is InChI=1S/C20H21N3O5/c24-17(8-9-21-20(27)28-12-13-4-2-1-3-5-13)18(25)14-6-7-16-15(10-14)11-22-23-19(16)26/h1-7,10-11,17-18,24-25H,8-9,12H2,(H,21,27)(H,23,26). The lowest BCUT2D eigenvalue weighted by molar-refractivity contribution is 0.0137. The van der Waals surface area contributed by atoms with Gasteiger partial charge in [0.05, 0.1) is 17.7 Å². The highest BCUT2D eigenvalue weighted by atomic mass is 16.5. The minimum atomic E-state index is -1.16. The van der Waals surface area contributed by atoms with E-state index in [1.165, 1.54) is 6.20 Å². The van der Waals surface area contributed by atoms with Crippen LogP contribution in [0.1, 0.15) is 23.7 Å². The maximum absolute atomic E-state index is 11.7. The smallest absolute Gasteiger partial charge is 0.407 e. The molecule has 3 aromatic rings. The molecule has 0 aliphatic rings. The molecule has 0 saturated carbocycles. The largest absolute Gasteiger partial charge is 0.445 e. The Bertz CT molecular complexity index is 990. The van der Waals surface area contributed by atoms with Gasteiger partial charge in [-0.2, -0.15) is 5.10 Å². The van der Waals surface area contributed by atoms with Crippen LogP contribution in [0.15, 0.2) is 59.5 Å². The normalized spacial score (nSPS) is 13.1. The molecule has 0 aliphatic heterocycles. The van der Waals surface area contributed by atoms with E-state index >= 15 is 0 Å². The van der Waals surface area contributed by atoms with Crippen molar-refractivity contribution < 1.29 is 19.7 Å². The molecule has 1 amide bonds. The zero-order valence-corrected chi connectivity index (χ0v) is 15.0. The third-order valence-electron chi connectivity index (χ3n) is 4.32. The number of aromatic nitrogens is 2. The lowest BCUT2D eigenvalue weighted by Gasteiger charge is -2.18. The zero-order chi connectivity index (χ0) is 19.9. The van der Waals surface area contributed by atoms with Crippen LogP contribution in [0.3, 0.4) is 0 Å². The number of carbonyl (C=O) groups excluding carboxylic acids is 1. The molecule has 8 nitrogen and oxygen atoms in total. The predicted molar refractivity (Wildman–Crippen MR) is 103 cm³/mol. The number of aliphatic hydroxyl groups excluding tert-OH is 2. The maximum atomic E-state index is 11.7. The number of ether oxygens (including phenoxy) is 1. The topological polar surface area (TPSA) is 125 Å². The zero-order valence-electron chi connectivity index (χ0n) is 15.0. The summed E-state index contributed by atoms with van der Waals surface area (Å²) in [6.07, 6.45) is -1.24. The molecule has 1 aromatic heterocycles. The molecule has 3 rings (SSSR count). The van der Waals surface area contributed by atoms with E-state index in [1.807, 2.05) is 30.3 Å². The Balaban J connectivity index is 1.48. The van der Waals surface area contributed by atoms with Crippen molar-refractivity contribution in [1.29, 1.82) is 0 Å². The van der Waals surface area contributed by atoms with Crippen LogP contribution in [0.5, 0.6) is 0 Å². The van der Waals surface area contributed by atoms with E-state index in [0.29, 0.717) is 16.3 Å². The van der Waals surface area contributed by atoms with Crippen LogP contribution in [-0.2, 0) is 11.3 Å². The van der Waals surface area contributed by atoms with Crippen molar-refractivity contribution in [3.05, 3.63) is 76.2 Å². The number of nitrogens with zero attached hydrogens (tertiary/aromatic N) is 1. The van der Waals surface area contributed by atoms with E-state index in [1.54, 1.807) is 18.2 Å². The molecular formula is C20H21N3O5. The summed E-state index contributed by atoms with van der Waals surface area (Å²) < 4.78 is 5.08. The lowest BCUT2D eigenvalue weighted by Crippen LogP contribution is -2.29. The fourth-order valence-corrected chi connectivity index (χ4v) is 2.78. The van der Waals surface area contributed by atoms with Gasteiger partial charge in [-0.15, -0.1) is 0 Å². The van der Waals surface area contributed by atoms with Gasteiger partial charge in [-0.25, -0.2) is 9.89 Å². The summed E-state index contributed by atoms with van der Waals surface area (Å²) in [7, 11) is 0. The molecule has 8 heteroatoms. The second kappa shape index (κ2) is 9.12. The number of fused-ring (bicyclic) bond motifs is 1. The summed E-state index contributed by atoms with van der Waals surface area (Å²) in [6.45, 7) is 0.294. The highest BCUT2D eigenvalue weighted by Gasteiger charge is 2.19. The molecule has 146 valence electrons. The van der Waals surface area contributed by atoms with Crippen molar-refractivity contribution >= 4 is 16.9 Å². The molecule has 2 aromatic carbocycles. The Morgan fingerprint density at radius 3 is 2.75 bits per heavy atom. The Hall–Kier alpha value is -3.23. The van der Waals surface area contributed by atoms with Crippen LogP contribution in [0, 0.1) is 0 Å². The third kappa shape index (κ3) is 4.93. The number of rotatable bonds is 7. The first-order valence-electron chi connectivity index (χ1n) is 8.82. The fraction of sp³-hybridized carbons (Fsp3) is 0.250. The number of aromatic amines is 1. The summed E-state index contributed by atoms with van der Waals surface area (Å²) >= 11 is 0. The number of benzene rings is 2. The molecule has 28 heavy (non-hydrogen) atoms. The molecular weight excluding hydrogens is 362 g/mol. The number of H-pyrrole nitrogens is 1. The van der Waals surface area contributed by atoms with Crippen LogP contribution >= 0.6 is 0 Å². The molecule has 0 fully saturated rings. The van der Waals surface area contributed by atoms with Gasteiger partial charge in [-0.3, -0.25) is 4.79 Å². The van der Waals surface area contributed by atoms with E-state index in [9.17, 15) is 19.8 Å². The molecule has 2 unspecified atom stereocenters. The Morgan fingerprint density at radius 1 is 1.18 bits per heavy atom. The minimum absolute atomic E-state index is 0.132. The van der Waals surface area contributed by atoms with E-state index in [0.717, 1.165) is 5.56 Å². The number of aliphatic hydroxyl groups is 2. The number of hydrogen-bond acceptors (Lipinski definition) is 6. The average molecular weight is 383 g/mol. The number of alkyl carbamates (subject to hydrolysis) is 1. The van der Waals surface area contributed by atoms with Gasteiger partial charge in [-0.1, -0.05) is 36.4 Å². The summed E-state index contributed by atoms with van der Waals surface area (Å²) in [5.41, 5.74) is 1.01.